The number of aromatic nitrogens is 2. The molecular weight excluding hydrogens is 496 g/mol. The monoisotopic (exact) mass is 542 g/mol. The first kappa shape index (κ1) is 27.4. The van der Waals surface area contributed by atoms with Gasteiger partial charge in [0.1, 0.15) is 11.6 Å². The van der Waals surface area contributed by atoms with Crippen LogP contribution in [0.25, 0.3) is 10.9 Å². The van der Waals surface area contributed by atoms with Crippen molar-refractivity contribution in [1.29, 1.82) is 0 Å². The van der Waals surface area contributed by atoms with Gasteiger partial charge in [0.15, 0.2) is 0 Å². The summed E-state index contributed by atoms with van der Waals surface area (Å²) in [5.74, 6) is 3.32. The molecule has 0 bridgehead atoms. The van der Waals surface area contributed by atoms with Crippen LogP contribution in [0.2, 0.25) is 0 Å². The van der Waals surface area contributed by atoms with Crippen LogP contribution in [0.5, 0.6) is 0 Å². The highest BCUT2D eigenvalue weighted by atomic mass is 16.5. The zero-order chi connectivity index (χ0) is 27.3. The molecule has 1 aliphatic carbocycles. The van der Waals surface area contributed by atoms with Gasteiger partial charge in [0, 0.05) is 76.9 Å². The van der Waals surface area contributed by atoms with Crippen molar-refractivity contribution < 1.29 is 4.74 Å². The fourth-order valence-electron chi connectivity index (χ4n) is 6.83. The summed E-state index contributed by atoms with van der Waals surface area (Å²) in [6.07, 6.45) is 7.34. The van der Waals surface area contributed by atoms with E-state index in [-0.39, 0.29) is 0 Å². The molecule has 0 unspecified atom stereocenters. The van der Waals surface area contributed by atoms with Crippen LogP contribution in [0.4, 0.5) is 11.5 Å². The maximum Gasteiger partial charge on any atom is 0.140 e. The van der Waals surface area contributed by atoms with Gasteiger partial charge in [0.2, 0.25) is 0 Å². The maximum absolute atomic E-state index is 5.48. The molecule has 3 aromatic rings. The van der Waals surface area contributed by atoms with Gasteiger partial charge in [-0.1, -0.05) is 37.1 Å². The van der Waals surface area contributed by atoms with E-state index in [0.29, 0.717) is 11.8 Å². The standard InChI is InChI=1S/C33H46N6O/c1-37(2)31-10-6-5-9-28(31)26-13-16-39(17-14-26)33-29-23-25(24-34-15-18-38-19-21-40-22-20-38)11-12-30(29)35-32(36-33)27-7-3-4-8-27/h5-6,9-12,23,26-27,34H,3-4,7-8,13-22,24H2,1-2H3. The minimum atomic E-state index is 0.509. The number of ether oxygens (including phenoxy) is 1. The predicted molar refractivity (Wildman–Crippen MR) is 165 cm³/mol. The highest BCUT2D eigenvalue weighted by Crippen LogP contribution is 2.38. The fourth-order valence-corrected chi connectivity index (χ4v) is 6.83. The van der Waals surface area contributed by atoms with Gasteiger partial charge in [0.05, 0.1) is 18.7 Å². The molecule has 6 rings (SSSR count). The average Bonchev–Trinajstić information content (AvgIpc) is 3.55. The minimum absolute atomic E-state index is 0.509. The van der Waals surface area contributed by atoms with Crippen molar-refractivity contribution in [2.75, 3.05) is 76.4 Å². The smallest absolute Gasteiger partial charge is 0.140 e. The SMILES string of the molecule is CN(C)c1ccccc1C1CCN(c2nc(C3CCCC3)nc3ccc(CNCCN4CCOCC4)cc23)CC1. The molecule has 1 N–H and O–H groups in total. The van der Waals surface area contributed by atoms with Crippen LogP contribution in [-0.4, -0.2) is 81.4 Å². The Morgan fingerprint density at radius 1 is 0.900 bits per heavy atom. The Kier molecular flexibility index (Phi) is 8.80. The Hall–Kier alpha value is -2.74. The molecule has 40 heavy (non-hydrogen) atoms. The van der Waals surface area contributed by atoms with Crippen molar-refractivity contribution in [2.45, 2.75) is 56.9 Å². The van der Waals surface area contributed by atoms with E-state index < -0.39 is 0 Å². The number of para-hydroxylation sites is 1. The van der Waals surface area contributed by atoms with Crippen molar-refractivity contribution in [1.82, 2.24) is 20.2 Å². The lowest BCUT2D eigenvalue weighted by Gasteiger charge is -2.35. The van der Waals surface area contributed by atoms with Gasteiger partial charge in [-0.05, 0) is 60.9 Å². The normalized spacial score (nSPS) is 19.5. The lowest BCUT2D eigenvalue weighted by atomic mass is 9.88. The molecule has 0 atom stereocenters. The van der Waals surface area contributed by atoms with Gasteiger partial charge in [-0.25, -0.2) is 9.97 Å². The Balaban J connectivity index is 1.20. The summed E-state index contributed by atoms with van der Waals surface area (Å²) >= 11 is 0. The molecule has 7 heteroatoms. The van der Waals surface area contributed by atoms with Crippen molar-refractivity contribution in [3.8, 4) is 0 Å². The Labute approximate surface area is 239 Å². The van der Waals surface area contributed by atoms with Crippen LogP contribution in [0.1, 0.15) is 67.3 Å². The zero-order valence-electron chi connectivity index (χ0n) is 24.4. The van der Waals surface area contributed by atoms with E-state index in [1.807, 2.05) is 0 Å². The van der Waals surface area contributed by atoms with Gasteiger partial charge in [-0.15, -0.1) is 0 Å². The molecule has 7 nitrogen and oxygen atoms in total. The summed E-state index contributed by atoms with van der Waals surface area (Å²) in [6, 6.07) is 15.8. The number of rotatable bonds is 9. The summed E-state index contributed by atoms with van der Waals surface area (Å²) in [5, 5.41) is 4.88. The van der Waals surface area contributed by atoms with Gasteiger partial charge < -0.3 is 19.9 Å². The molecule has 0 amide bonds. The Morgan fingerprint density at radius 2 is 1.68 bits per heavy atom. The third-order valence-corrected chi connectivity index (χ3v) is 9.17. The van der Waals surface area contributed by atoms with Crippen LogP contribution in [0, 0.1) is 0 Å². The van der Waals surface area contributed by atoms with Crippen LogP contribution in [-0.2, 0) is 11.3 Å². The topological polar surface area (TPSA) is 56.8 Å². The number of hydrogen-bond donors (Lipinski definition) is 1. The first-order valence-corrected chi connectivity index (χ1v) is 15.5. The number of anilines is 2. The third-order valence-electron chi connectivity index (χ3n) is 9.17. The van der Waals surface area contributed by atoms with Gasteiger partial charge >= 0.3 is 0 Å². The van der Waals surface area contributed by atoms with Crippen molar-refractivity contribution in [3.63, 3.8) is 0 Å². The predicted octanol–water partition coefficient (Wildman–Crippen LogP) is 5.16. The molecule has 3 fully saturated rings. The average molecular weight is 543 g/mol. The molecule has 3 heterocycles. The van der Waals surface area contributed by atoms with Crippen molar-refractivity contribution >= 4 is 22.4 Å². The number of benzene rings is 2. The van der Waals surface area contributed by atoms with Gasteiger partial charge in [-0.3, -0.25) is 4.90 Å². The van der Waals surface area contributed by atoms with Crippen LogP contribution in [0.3, 0.4) is 0 Å². The second-order valence-electron chi connectivity index (χ2n) is 12.1. The first-order chi connectivity index (χ1) is 19.7. The number of nitrogens with one attached hydrogen (secondary N) is 1. The molecule has 1 aromatic heterocycles. The molecule has 2 aliphatic heterocycles. The Bertz CT molecular complexity index is 1260. The number of nitrogens with zero attached hydrogens (tertiary/aromatic N) is 5. The lowest BCUT2D eigenvalue weighted by Crippen LogP contribution is -2.40. The largest absolute Gasteiger partial charge is 0.379 e. The highest BCUT2D eigenvalue weighted by Gasteiger charge is 2.27. The third kappa shape index (κ3) is 6.27. The number of fused-ring (bicyclic) bond motifs is 1. The summed E-state index contributed by atoms with van der Waals surface area (Å²) in [7, 11) is 4.31. The number of piperidine rings is 1. The molecule has 0 radical (unpaired) electrons. The van der Waals surface area contributed by atoms with E-state index in [1.54, 1.807) is 0 Å². The van der Waals surface area contributed by atoms with Gasteiger partial charge in [-0.2, -0.15) is 0 Å². The zero-order valence-corrected chi connectivity index (χ0v) is 24.4. The first-order valence-electron chi connectivity index (χ1n) is 15.5. The number of hydrogen-bond acceptors (Lipinski definition) is 7. The maximum atomic E-state index is 5.48. The van der Waals surface area contributed by atoms with Crippen LogP contribution >= 0.6 is 0 Å². The second-order valence-corrected chi connectivity index (χ2v) is 12.1. The van der Waals surface area contributed by atoms with Crippen LogP contribution in [0.15, 0.2) is 42.5 Å². The summed E-state index contributed by atoms with van der Waals surface area (Å²) in [5.41, 5.74) is 5.24. The fraction of sp³-hybridized carbons (Fsp3) is 0.576. The van der Waals surface area contributed by atoms with E-state index in [1.165, 1.54) is 47.9 Å². The minimum Gasteiger partial charge on any atom is -0.379 e. The quantitative estimate of drug-likeness (QED) is 0.375. The van der Waals surface area contributed by atoms with Crippen molar-refractivity contribution in [3.05, 3.63) is 59.4 Å². The van der Waals surface area contributed by atoms with Gasteiger partial charge in [0.25, 0.3) is 0 Å². The molecule has 2 aromatic carbocycles. The molecule has 3 aliphatic rings. The second kappa shape index (κ2) is 12.8. The molecule has 0 spiro atoms. The van der Waals surface area contributed by atoms with E-state index in [2.05, 4.69) is 76.6 Å². The molecule has 214 valence electrons. The highest BCUT2D eigenvalue weighted by molar-refractivity contribution is 5.90. The lowest BCUT2D eigenvalue weighted by molar-refractivity contribution is 0.0384. The Morgan fingerprint density at radius 3 is 2.45 bits per heavy atom. The summed E-state index contributed by atoms with van der Waals surface area (Å²) < 4.78 is 5.48. The number of morpholine rings is 1. The van der Waals surface area contributed by atoms with E-state index >= 15 is 0 Å². The van der Waals surface area contributed by atoms with E-state index in [0.717, 1.165) is 89.0 Å². The molecule has 2 saturated heterocycles. The molecular formula is C33H46N6O. The van der Waals surface area contributed by atoms with E-state index in [9.17, 15) is 0 Å². The summed E-state index contributed by atoms with van der Waals surface area (Å²) in [4.78, 5) is 17.7. The summed E-state index contributed by atoms with van der Waals surface area (Å²) in [6.45, 7) is 8.79. The molecule has 1 saturated carbocycles. The van der Waals surface area contributed by atoms with E-state index in [4.69, 9.17) is 14.7 Å². The van der Waals surface area contributed by atoms with Crippen molar-refractivity contribution in [2.24, 2.45) is 0 Å². The van der Waals surface area contributed by atoms with Crippen LogP contribution < -0.4 is 15.1 Å².